The lowest BCUT2D eigenvalue weighted by molar-refractivity contribution is 0.571. The normalized spacial score (nSPS) is 29.6. The Labute approximate surface area is 91.7 Å². The summed E-state index contributed by atoms with van der Waals surface area (Å²) in [6, 6.07) is 0.462. The molecule has 1 rings (SSSR count). The monoisotopic (exact) mass is 214 g/mol. The smallest absolute Gasteiger partial charge is 0.0995 e. The minimum absolute atomic E-state index is 0.0194. The minimum Gasteiger partial charge on any atom is -0.387 e. The Balaban J connectivity index is 2.66. The molecule has 0 spiro atoms. The summed E-state index contributed by atoms with van der Waals surface area (Å²) in [5, 5.41) is 0.691. The number of hydrogen-bond acceptors (Lipinski definition) is 2. The highest BCUT2D eigenvalue weighted by atomic mass is 32.2. The predicted octanol–water partition coefficient (Wildman–Crippen LogP) is 2.67. The topological polar surface area (TPSA) is 38.4 Å². The van der Waals surface area contributed by atoms with Crippen molar-refractivity contribution in [1.29, 1.82) is 0 Å². The molecule has 0 heterocycles. The van der Waals surface area contributed by atoms with Gasteiger partial charge >= 0.3 is 0 Å². The molecule has 2 N–H and O–H groups in total. The molecule has 1 aliphatic rings. The Bertz CT molecular complexity index is 218. The van der Waals surface area contributed by atoms with Gasteiger partial charge in [-0.25, -0.2) is 0 Å². The fourth-order valence-electron chi connectivity index (χ4n) is 1.70. The lowest BCUT2D eigenvalue weighted by Gasteiger charge is -2.21. The Morgan fingerprint density at radius 2 is 2.00 bits per heavy atom. The van der Waals surface area contributed by atoms with Crippen molar-refractivity contribution in [3.63, 3.8) is 0 Å². The van der Waals surface area contributed by atoms with Crippen LogP contribution in [0.2, 0.25) is 0 Å². The Kier molecular flexibility index (Phi) is 3.87. The molecule has 1 saturated carbocycles. The first-order valence-corrected chi connectivity index (χ1v) is 6.60. The van der Waals surface area contributed by atoms with Crippen LogP contribution >= 0.6 is 11.8 Å². The molecule has 0 aromatic carbocycles. The van der Waals surface area contributed by atoms with Crippen LogP contribution in [-0.2, 0) is 0 Å². The van der Waals surface area contributed by atoms with Gasteiger partial charge in [-0.2, -0.15) is 11.8 Å². The maximum absolute atomic E-state index is 5.99. The molecule has 0 amide bonds. The van der Waals surface area contributed by atoms with Gasteiger partial charge in [0.15, 0.2) is 0 Å². The van der Waals surface area contributed by atoms with Crippen LogP contribution < -0.4 is 5.73 Å². The predicted molar refractivity (Wildman–Crippen MR) is 66.0 cm³/mol. The second-order valence-corrected chi connectivity index (χ2v) is 6.11. The van der Waals surface area contributed by atoms with Crippen LogP contribution in [0.5, 0.6) is 0 Å². The summed E-state index contributed by atoms with van der Waals surface area (Å²) in [6.07, 6.45) is 5.98. The van der Waals surface area contributed by atoms with Crippen molar-refractivity contribution in [2.75, 3.05) is 6.26 Å². The summed E-state index contributed by atoms with van der Waals surface area (Å²) in [6.45, 7) is 6.36. The summed E-state index contributed by atoms with van der Waals surface area (Å²) in [4.78, 5) is 4.67. The molecule has 0 aliphatic heterocycles. The van der Waals surface area contributed by atoms with Crippen LogP contribution in [0.4, 0.5) is 0 Å². The van der Waals surface area contributed by atoms with Crippen molar-refractivity contribution in [3.8, 4) is 0 Å². The van der Waals surface area contributed by atoms with E-state index in [1.165, 1.54) is 19.3 Å². The van der Waals surface area contributed by atoms with Crippen LogP contribution in [0.25, 0.3) is 0 Å². The van der Waals surface area contributed by atoms with Crippen LogP contribution in [-0.4, -0.2) is 23.4 Å². The van der Waals surface area contributed by atoms with E-state index in [4.69, 9.17) is 5.73 Å². The maximum Gasteiger partial charge on any atom is 0.0995 e. The van der Waals surface area contributed by atoms with Gasteiger partial charge in [0.1, 0.15) is 0 Å². The molecule has 0 radical (unpaired) electrons. The summed E-state index contributed by atoms with van der Waals surface area (Å²) in [7, 11) is 0. The maximum atomic E-state index is 5.99. The zero-order valence-electron chi connectivity index (χ0n) is 9.71. The first-order valence-electron chi connectivity index (χ1n) is 5.31. The summed E-state index contributed by atoms with van der Waals surface area (Å²) >= 11 is 1.93. The second-order valence-electron chi connectivity index (χ2n) is 5.04. The van der Waals surface area contributed by atoms with Crippen molar-refractivity contribution < 1.29 is 0 Å². The van der Waals surface area contributed by atoms with Gasteiger partial charge in [-0.05, 0) is 19.1 Å². The average Bonchev–Trinajstić information content (AvgIpc) is 2.50. The lowest BCUT2D eigenvalue weighted by atomic mass is 9.95. The van der Waals surface area contributed by atoms with Crippen LogP contribution in [0.3, 0.4) is 0 Å². The molecule has 14 heavy (non-hydrogen) atoms. The number of amidine groups is 1. The van der Waals surface area contributed by atoms with Gasteiger partial charge in [0.2, 0.25) is 0 Å². The highest BCUT2D eigenvalue weighted by Crippen LogP contribution is 2.31. The molecule has 0 aromatic heterocycles. The van der Waals surface area contributed by atoms with Crippen molar-refractivity contribution in [3.05, 3.63) is 0 Å². The van der Waals surface area contributed by atoms with E-state index in [-0.39, 0.29) is 5.41 Å². The van der Waals surface area contributed by atoms with E-state index in [9.17, 15) is 0 Å². The summed E-state index contributed by atoms with van der Waals surface area (Å²) in [5.74, 6) is 0.809. The van der Waals surface area contributed by atoms with Crippen molar-refractivity contribution in [2.24, 2.45) is 16.1 Å². The summed E-state index contributed by atoms with van der Waals surface area (Å²) in [5.41, 5.74) is 6.01. The molecule has 1 fully saturated rings. The molecular weight excluding hydrogens is 192 g/mol. The average molecular weight is 214 g/mol. The molecule has 1 aliphatic carbocycles. The van der Waals surface area contributed by atoms with Gasteiger partial charge < -0.3 is 5.73 Å². The van der Waals surface area contributed by atoms with Gasteiger partial charge in [0.05, 0.1) is 11.9 Å². The highest BCUT2D eigenvalue weighted by Gasteiger charge is 2.27. The van der Waals surface area contributed by atoms with Gasteiger partial charge in [-0.3, -0.25) is 4.99 Å². The Morgan fingerprint density at radius 1 is 1.36 bits per heavy atom. The standard InChI is InChI=1S/C11H22N2S/c1-11(2,3)10(12)13-8-6-5-7-9(8)14-4/h8-9H,5-7H2,1-4H3,(H2,12,13). The SMILES string of the molecule is CSC1CCCC1N=C(N)C(C)(C)C. The minimum atomic E-state index is 0.0194. The van der Waals surface area contributed by atoms with E-state index in [0.717, 1.165) is 5.84 Å². The molecule has 0 aromatic rings. The molecular formula is C11H22N2S. The molecule has 2 atom stereocenters. The highest BCUT2D eigenvalue weighted by molar-refractivity contribution is 7.99. The third kappa shape index (κ3) is 2.91. The van der Waals surface area contributed by atoms with Crippen LogP contribution in [0.15, 0.2) is 4.99 Å². The quantitative estimate of drug-likeness (QED) is 0.567. The van der Waals surface area contributed by atoms with E-state index in [0.29, 0.717) is 11.3 Å². The third-order valence-corrected chi connectivity index (χ3v) is 3.95. The molecule has 82 valence electrons. The molecule has 2 nitrogen and oxygen atoms in total. The number of aliphatic imine (C=N–C) groups is 1. The lowest BCUT2D eigenvalue weighted by Crippen LogP contribution is -2.31. The second kappa shape index (κ2) is 4.56. The van der Waals surface area contributed by atoms with Gasteiger partial charge in [-0.15, -0.1) is 0 Å². The van der Waals surface area contributed by atoms with E-state index in [1.807, 2.05) is 11.8 Å². The molecule has 3 heteroatoms. The number of rotatable bonds is 2. The third-order valence-electron chi connectivity index (χ3n) is 2.79. The Morgan fingerprint density at radius 3 is 2.50 bits per heavy atom. The zero-order chi connectivity index (χ0) is 10.8. The van der Waals surface area contributed by atoms with Crippen molar-refractivity contribution >= 4 is 17.6 Å². The fourth-order valence-corrected chi connectivity index (χ4v) is 2.61. The Hall–Kier alpha value is -0.180. The van der Waals surface area contributed by atoms with E-state index >= 15 is 0 Å². The molecule has 2 unspecified atom stereocenters. The number of hydrogen-bond donors (Lipinski definition) is 1. The largest absolute Gasteiger partial charge is 0.387 e. The van der Waals surface area contributed by atoms with E-state index in [1.54, 1.807) is 0 Å². The first-order chi connectivity index (χ1) is 6.45. The van der Waals surface area contributed by atoms with Gasteiger partial charge in [-0.1, -0.05) is 27.2 Å². The van der Waals surface area contributed by atoms with Crippen molar-refractivity contribution in [1.82, 2.24) is 0 Å². The van der Waals surface area contributed by atoms with E-state index < -0.39 is 0 Å². The van der Waals surface area contributed by atoms with Gasteiger partial charge in [0.25, 0.3) is 0 Å². The number of nitrogens with two attached hydrogens (primary N) is 1. The first kappa shape index (κ1) is 11.9. The van der Waals surface area contributed by atoms with E-state index in [2.05, 4.69) is 32.0 Å². The zero-order valence-corrected chi connectivity index (χ0v) is 10.5. The number of thioether (sulfide) groups is 1. The van der Waals surface area contributed by atoms with Gasteiger partial charge in [0, 0.05) is 10.7 Å². The van der Waals surface area contributed by atoms with Crippen molar-refractivity contribution in [2.45, 2.75) is 51.3 Å². The molecule has 0 bridgehead atoms. The van der Waals surface area contributed by atoms with Crippen LogP contribution in [0, 0.1) is 5.41 Å². The molecule has 0 saturated heterocycles. The fraction of sp³-hybridized carbons (Fsp3) is 0.909. The summed E-state index contributed by atoms with van der Waals surface area (Å²) < 4.78 is 0. The van der Waals surface area contributed by atoms with Crippen LogP contribution in [0.1, 0.15) is 40.0 Å². The number of nitrogens with zero attached hydrogens (tertiary/aromatic N) is 1.